The molecule has 0 aliphatic heterocycles. The molecule has 0 aromatic heterocycles. The molecule has 3 nitrogen and oxygen atoms in total. The lowest BCUT2D eigenvalue weighted by Gasteiger charge is -1.92. The first-order valence-electron chi connectivity index (χ1n) is 4.06. The predicted octanol–water partition coefficient (Wildman–Crippen LogP) is 2.20. The Kier molecular flexibility index (Phi) is 4.33. The molecule has 4 heteroatoms. The predicted molar refractivity (Wildman–Crippen MR) is 57.4 cm³/mol. The lowest BCUT2D eigenvalue weighted by Crippen LogP contribution is -1.67. The van der Waals surface area contributed by atoms with Gasteiger partial charge in [-0.2, -0.15) is 0 Å². The van der Waals surface area contributed by atoms with Gasteiger partial charge in [-0.3, -0.25) is 4.57 Å². The quantitative estimate of drug-likeness (QED) is 0.655. The van der Waals surface area contributed by atoms with E-state index in [1.54, 1.807) is 0 Å². The smallest absolute Gasteiger partial charge is 0.314 e. The van der Waals surface area contributed by atoms with Crippen LogP contribution in [0.3, 0.4) is 0 Å². The van der Waals surface area contributed by atoms with Crippen LogP contribution in [0.2, 0.25) is 0 Å². The van der Waals surface area contributed by atoms with E-state index in [1.807, 2.05) is 0 Å². The van der Waals surface area contributed by atoms with Crippen LogP contribution >= 0.6 is 8.25 Å². The zero-order chi connectivity index (χ0) is 10.4. The van der Waals surface area contributed by atoms with Crippen molar-refractivity contribution < 1.29 is 14.4 Å². The third-order valence-electron chi connectivity index (χ3n) is 1.66. The minimum absolute atomic E-state index is 1.31. The monoisotopic (exact) mass is 210 g/mol. The molecular formula is C10H11O3P. The van der Waals surface area contributed by atoms with Crippen LogP contribution in [-0.4, -0.2) is 9.79 Å². The van der Waals surface area contributed by atoms with Gasteiger partial charge in [-0.1, -0.05) is 48.5 Å². The lowest BCUT2D eigenvalue weighted by molar-refractivity contribution is 0.405. The molecule has 0 aliphatic rings. The van der Waals surface area contributed by atoms with Gasteiger partial charge in [0, 0.05) is 0 Å². The topological polar surface area (TPSA) is 57.5 Å². The van der Waals surface area contributed by atoms with Crippen molar-refractivity contribution in [3.8, 4) is 0 Å². The van der Waals surface area contributed by atoms with E-state index >= 15 is 0 Å². The standard InChI is InChI=1S/C10H8.H3O3P/c1-2-6-10-8-4-3-7-9(10)5-1;1-4(2)3/h1-8H;4H,(H2,1,2,3). The van der Waals surface area contributed by atoms with Gasteiger partial charge in [0.15, 0.2) is 0 Å². The van der Waals surface area contributed by atoms with Gasteiger partial charge < -0.3 is 9.79 Å². The van der Waals surface area contributed by atoms with Crippen LogP contribution in [0.1, 0.15) is 0 Å². The van der Waals surface area contributed by atoms with Crippen LogP contribution in [-0.2, 0) is 4.57 Å². The van der Waals surface area contributed by atoms with Crippen molar-refractivity contribution in [2.75, 3.05) is 0 Å². The first kappa shape index (κ1) is 10.9. The molecule has 0 saturated carbocycles. The maximum absolute atomic E-state index is 8.74. The Bertz CT molecular complexity index is 359. The Hall–Kier alpha value is -1.15. The van der Waals surface area contributed by atoms with Crippen molar-refractivity contribution in [1.29, 1.82) is 0 Å². The molecule has 2 aromatic carbocycles. The number of rotatable bonds is 0. The minimum Gasteiger partial charge on any atom is -0.326 e. The second kappa shape index (κ2) is 5.55. The van der Waals surface area contributed by atoms with Gasteiger partial charge in [-0.25, -0.2) is 0 Å². The summed E-state index contributed by atoms with van der Waals surface area (Å²) in [6, 6.07) is 16.7. The second-order valence-corrected chi connectivity index (χ2v) is 3.19. The van der Waals surface area contributed by atoms with Crippen LogP contribution in [0.4, 0.5) is 0 Å². The van der Waals surface area contributed by atoms with Gasteiger partial charge in [-0.05, 0) is 10.8 Å². The zero-order valence-electron chi connectivity index (χ0n) is 7.42. The fraction of sp³-hybridized carbons (Fsp3) is 0. The zero-order valence-corrected chi connectivity index (χ0v) is 8.42. The molecule has 2 rings (SSSR count). The van der Waals surface area contributed by atoms with E-state index in [0.717, 1.165) is 0 Å². The summed E-state index contributed by atoms with van der Waals surface area (Å²) < 4.78 is 8.74. The Balaban J connectivity index is 0.000000213. The molecule has 0 unspecified atom stereocenters. The summed E-state index contributed by atoms with van der Waals surface area (Å²) >= 11 is 0. The maximum atomic E-state index is 8.74. The second-order valence-electron chi connectivity index (χ2n) is 2.63. The molecule has 74 valence electrons. The highest BCUT2D eigenvalue weighted by Crippen LogP contribution is 2.11. The highest BCUT2D eigenvalue weighted by Gasteiger charge is 1.85. The van der Waals surface area contributed by atoms with Crippen molar-refractivity contribution >= 4 is 19.0 Å². The molecule has 0 amide bonds. The molecule has 0 spiro atoms. The Morgan fingerprint density at radius 2 is 1.00 bits per heavy atom. The van der Waals surface area contributed by atoms with E-state index in [-0.39, 0.29) is 0 Å². The number of fused-ring (bicyclic) bond motifs is 1. The molecule has 0 fully saturated rings. The van der Waals surface area contributed by atoms with Gasteiger partial charge in [0.2, 0.25) is 0 Å². The maximum Gasteiger partial charge on any atom is 0.314 e. The Morgan fingerprint density at radius 1 is 0.786 bits per heavy atom. The Labute approximate surface area is 82.6 Å². The van der Waals surface area contributed by atoms with Crippen LogP contribution in [0, 0.1) is 0 Å². The van der Waals surface area contributed by atoms with Crippen molar-refractivity contribution in [3.05, 3.63) is 48.5 Å². The third-order valence-corrected chi connectivity index (χ3v) is 1.66. The largest absolute Gasteiger partial charge is 0.326 e. The molecule has 2 N–H and O–H groups in total. The van der Waals surface area contributed by atoms with E-state index in [0.29, 0.717) is 0 Å². The molecule has 0 atom stereocenters. The highest BCUT2D eigenvalue weighted by atomic mass is 31.1. The summed E-state index contributed by atoms with van der Waals surface area (Å²) in [4.78, 5) is 14.3. The normalized spacial score (nSPS) is 9.64. The number of hydrogen-bond donors (Lipinski definition) is 2. The van der Waals surface area contributed by atoms with Crippen molar-refractivity contribution in [1.82, 2.24) is 0 Å². The van der Waals surface area contributed by atoms with Crippen molar-refractivity contribution in [2.24, 2.45) is 0 Å². The number of benzene rings is 2. The van der Waals surface area contributed by atoms with Crippen LogP contribution in [0.25, 0.3) is 10.8 Å². The van der Waals surface area contributed by atoms with Crippen LogP contribution in [0.5, 0.6) is 0 Å². The molecule has 2 aromatic rings. The van der Waals surface area contributed by atoms with Gasteiger partial charge >= 0.3 is 8.25 Å². The van der Waals surface area contributed by atoms with Crippen LogP contribution < -0.4 is 0 Å². The van der Waals surface area contributed by atoms with E-state index in [4.69, 9.17) is 14.4 Å². The third kappa shape index (κ3) is 3.71. The summed E-state index contributed by atoms with van der Waals surface area (Å²) in [5.41, 5.74) is 0. The molecule has 14 heavy (non-hydrogen) atoms. The fourth-order valence-electron chi connectivity index (χ4n) is 1.13. The van der Waals surface area contributed by atoms with Gasteiger partial charge in [0.25, 0.3) is 0 Å². The summed E-state index contributed by atoms with van der Waals surface area (Å²) in [7, 11) is -3.13. The average Bonchev–Trinajstić information content (AvgIpc) is 2.17. The van der Waals surface area contributed by atoms with Gasteiger partial charge in [0.1, 0.15) is 0 Å². The first-order chi connectivity index (χ1) is 6.70. The van der Waals surface area contributed by atoms with Crippen molar-refractivity contribution in [3.63, 3.8) is 0 Å². The Morgan fingerprint density at radius 3 is 1.21 bits per heavy atom. The summed E-state index contributed by atoms with van der Waals surface area (Å²) in [6.07, 6.45) is 0. The van der Waals surface area contributed by atoms with Gasteiger partial charge in [-0.15, -0.1) is 0 Å². The highest BCUT2D eigenvalue weighted by molar-refractivity contribution is 7.30. The first-order valence-corrected chi connectivity index (χ1v) is 5.36. The molecule has 0 aliphatic carbocycles. The van der Waals surface area contributed by atoms with E-state index in [1.165, 1.54) is 10.8 Å². The van der Waals surface area contributed by atoms with Crippen molar-refractivity contribution in [2.45, 2.75) is 0 Å². The minimum atomic E-state index is -3.13. The molecule has 0 bridgehead atoms. The summed E-state index contributed by atoms with van der Waals surface area (Å²) in [5, 5.41) is 2.62. The molecule has 0 radical (unpaired) electrons. The number of hydrogen-bond acceptors (Lipinski definition) is 1. The fourth-order valence-corrected chi connectivity index (χ4v) is 1.13. The lowest BCUT2D eigenvalue weighted by atomic mass is 10.1. The molecule has 0 heterocycles. The molecule has 0 saturated heterocycles. The summed E-state index contributed by atoms with van der Waals surface area (Å²) in [6.45, 7) is 0. The average molecular weight is 210 g/mol. The van der Waals surface area contributed by atoms with Gasteiger partial charge in [0.05, 0.1) is 0 Å². The SMILES string of the molecule is O=[PH](O)O.c1ccc2ccccc2c1. The summed E-state index contributed by atoms with van der Waals surface area (Å²) in [5.74, 6) is 0. The van der Waals surface area contributed by atoms with E-state index < -0.39 is 8.25 Å². The van der Waals surface area contributed by atoms with E-state index in [9.17, 15) is 0 Å². The van der Waals surface area contributed by atoms with E-state index in [2.05, 4.69) is 48.5 Å². The molecular weight excluding hydrogens is 199 g/mol. The van der Waals surface area contributed by atoms with Crippen LogP contribution in [0.15, 0.2) is 48.5 Å².